The quantitative estimate of drug-likeness (QED) is 0.384. The van der Waals surface area contributed by atoms with E-state index in [0.717, 1.165) is 18.2 Å². The molecule has 3 N–H and O–H groups in total. The lowest BCUT2D eigenvalue weighted by molar-refractivity contribution is -0.140. The summed E-state index contributed by atoms with van der Waals surface area (Å²) in [4.78, 5) is 28.8. The van der Waals surface area contributed by atoms with Crippen LogP contribution < -0.4 is 11.1 Å². The lowest BCUT2D eigenvalue weighted by Gasteiger charge is -2.12. The topological polar surface area (TPSA) is 127 Å². The van der Waals surface area contributed by atoms with Crippen molar-refractivity contribution in [1.82, 2.24) is 14.8 Å². The van der Waals surface area contributed by atoms with Crippen LogP contribution in [0.5, 0.6) is 0 Å². The molecule has 188 valence electrons. The molecule has 0 bridgehead atoms. The predicted octanol–water partition coefficient (Wildman–Crippen LogP) is 4.31. The van der Waals surface area contributed by atoms with Gasteiger partial charge in [0.1, 0.15) is 17.3 Å². The second-order valence-corrected chi connectivity index (χ2v) is 7.89. The van der Waals surface area contributed by atoms with Gasteiger partial charge in [-0.1, -0.05) is 18.2 Å². The number of aromatic nitrogens is 3. The number of hydrogen-bond donors (Lipinski definition) is 2. The molecule has 37 heavy (non-hydrogen) atoms. The SMILES string of the molecule is Cc1c(NC(=O)c2cc(C(N)=O)nc3ccccc23)c(C(F)(F)F)nn1Cc1c(F)cc(C#N)cc1F. The van der Waals surface area contributed by atoms with Gasteiger partial charge in [0.15, 0.2) is 5.69 Å². The van der Waals surface area contributed by atoms with Crippen LogP contribution >= 0.6 is 0 Å². The fourth-order valence-electron chi connectivity index (χ4n) is 3.69. The Hall–Kier alpha value is -4.86. The summed E-state index contributed by atoms with van der Waals surface area (Å²) < 4.78 is 70.9. The Kier molecular flexibility index (Phi) is 6.35. The maximum Gasteiger partial charge on any atom is 0.437 e. The first-order valence-corrected chi connectivity index (χ1v) is 10.4. The highest BCUT2D eigenvalue weighted by molar-refractivity contribution is 6.14. The van der Waals surface area contributed by atoms with E-state index in [-0.39, 0.29) is 33.4 Å². The number of amides is 2. The van der Waals surface area contributed by atoms with E-state index in [0.29, 0.717) is 4.68 Å². The second-order valence-electron chi connectivity index (χ2n) is 7.89. The number of para-hydroxylation sites is 1. The van der Waals surface area contributed by atoms with Gasteiger partial charge in [-0.2, -0.15) is 23.5 Å². The first-order valence-electron chi connectivity index (χ1n) is 10.4. The van der Waals surface area contributed by atoms with Crippen LogP contribution in [-0.4, -0.2) is 26.6 Å². The van der Waals surface area contributed by atoms with Gasteiger partial charge in [0.2, 0.25) is 0 Å². The smallest absolute Gasteiger partial charge is 0.364 e. The van der Waals surface area contributed by atoms with Crippen LogP contribution in [0.4, 0.5) is 27.6 Å². The van der Waals surface area contributed by atoms with Gasteiger partial charge < -0.3 is 11.1 Å². The number of rotatable bonds is 5. The Morgan fingerprint density at radius 2 is 1.78 bits per heavy atom. The molecule has 0 saturated heterocycles. The zero-order valence-electron chi connectivity index (χ0n) is 18.8. The summed E-state index contributed by atoms with van der Waals surface area (Å²) >= 11 is 0. The van der Waals surface area contributed by atoms with Crippen molar-refractivity contribution in [3.63, 3.8) is 0 Å². The van der Waals surface area contributed by atoms with E-state index in [4.69, 9.17) is 11.0 Å². The largest absolute Gasteiger partial charge is 0.437 e. The highest BCUT2D eigenvalue weighted by atomic mass is 19.4. The summed E-state index contributed by atoms with van der Waals surface area (Å²) in [5.74, 6) is -4.27. The highest BCUT2D eigenvalue weighted by Crippen LogP contribution is 2.37. The standard InChI is InChI=1S/C24H15F5N6O2/c1-11-20(33-23(37)14-8-19(22(31)36)32-18-5-3-2-4-13(14)18)21(24(27,28)29)34-35(11)10-15-16(25)6-12(9-30)7-17(15)26/h2-8H,10H2,1H3,(H2,31,36)(H,33,37). The van der Waals surface area contributed by atoms with E-state index in [1.807, 2.05) is 0 Å². The molecular weight excluding hydrogens is 499 g/mol. The zero-order valence-corrected chi connectivity index (χ0v) is 18.8. The summed E-state index contributed by atoms with van der Waals surface area (Å²) in [6, 6.07) is 10.2. The molecular formula is C24H15F5N6O2. The van der Waals surface area contributed by atoms with E-state index in [9.17, 15) is 31.5 Å². The molecule has 0 aliphatic carbocycles. The van der Waals surface area contributed by atoms with Crippen molar-refractivity contribution >= 4 is 28.4 Å². The number of carbonyl (C=O) groups excluding carboxylic acids is 2. The maximum absolute atomic E-state index is 14.4. The average Bonchev–Trinajstić information content (AvgIpc) is 3.15. The number of nitrogens with zero attached hydrogens (tertiary/aromatic N) is 4. The van der Waals surface area contributed by atoms with Gasteiger partial charge in [-0.25, -0.2) is 13.8 Å². The Labute approximate surface area is 205 Å². The number of benzene rings is 2. The molecule has 0 aliphatic rings. The van der Waals surface area contributed by atoms with Gasteiger partial charge in [-0.3, -0.25) is 14.3 Å². The van der Waals surface area contributed by atoms with Crippen molar-refractivity contribution in [3.8, 4) is 6.07 Å². The number of alkyl halides is 3. The number of carbonyl (C=O) groups is 2. The van der Waals surface area contributed by atoms with Crippen molar-refractivity contribution in [2.24, 2.45) is 5.73 Å². The minimum absolute atomic E-state index is 0.177. The monoisotopic (exact) mass is 514 g/mol. The highest BCUT2D eigenvalue weighted by Gasteiger charge is 2.39. The fourth-order valence-corrected chi connectivity index (χ4v) is 3.69. The molecule has 2 amide bonds. The van der Waals surface area contributed by atoms with Crippen molar-refractivity contribution in [3.05, 3.63) is 87.9 Å². The van der Waals surface area contributed by atoms with Crippen LogP contribution in [0.2, 0.25) is 0 Å². The Morgan fingerprint density at radius 1 is 1.14 bits per heavy atom. The lowest BCUT2D eigenvalue weighted by Crippen LogP contribution is -2.19. The molecule has 0 aliphatic heterocycles. The number of anilines is 1. The van der Waals surface area contributed by atoms with E-state index in [1.54, 1.807) is 18.2 Å². The Morgan fingerprint density at radius 3 is 2.38 bits per heavy atom. The second kappa shape index (κ2) is 9.30. The molecule has 0 fully saturated rings. The van der Waals surface area contributed by atoms with Crippen LogP contribution in [0.1, 0.15) is 43.4 Å². The van der Waals surface area contributed by atoms with Gasteiger partial charge in [0.05, 0.1) is 40.6 Å². The number of nitrogens with one attached hydrogen (secondary N) is 1. The normalized spacial score (nSPS) is 11.4. The predicted molar refractivity (Wildman–Crippen MR) is 120 cm³/mol. The van der Waals surface area contributed by atoms with Crippen molar-refractivity contribution in [2.45, 2.75) is 19.6 Å². The summed E-state index contributed by atoms with van der Waals surface area (Å²) in [7, 11) is 0. The Balaban J connectivity index is 1.79. The van der Waals surface area contributed by atoms with Gasteiger partial charge in [0, 0.05) is 10.9 Å². The fraction of sp³-hybridized carbons (Fsp3) is 0.125. The number of halogens is 5. The molecule has 4 rings (SSSR count). The molecule has 4 aromatic rings. The van der Waals surface area contributed by atoms with Crippen LogP contribution in [-0.2, 0) is 12.7 Å². The van der Waals surface area contributed by atoms with Crippen LogP contribution in [0.25, 0.3) is 10.9 Å². The molecule has 8 nitrogen and oxygen atoms in total. The van der Waals surface area contributed by atoms with E-state index < -0.39 is 53.1 Å². The summed E-state index contributed by atoms with van der Waals surface area (Å²) in [6.07, 6.45) is -5.04. The molecule has 2 heterocycles. The average molecular weight is 514 g/mol. The molecule has 0 radical (unpaired) electrons. The molecule has 0 unspecified atom stereocenters. The van der Waals surface area contributed by atoms with E-state index in [2.05, 4.69) is 15.4 Å². The number of primary amides is 1. The number of nitrogens with two attached hydrogens (primary N) is 1. The zero-order chi connectivity index (χ0) is 27.1. The molecule has 2 aromatic carbocycles. The summed E-state index contributed by atoms with van der Waals surface area (Å²) in [6.45, 7) is 0.426. The molecule has 13 heteroatoms. The third-order valence-electron chi connectivity index (χ3n) is 5.50. The van der Waals surface area contributed by atoms with Crippen molar-refractivity contribution in [1.29, 1.82) is 5.26 Å². The van der Waals surface area contributed by atoms with Crippen LogP contribution in [0.15, 0.2) is 42.5 Å². The number of nitriles is 1. The number of pyridine rings is 1. The van der Waals surface area contributed by atoms with Crippen LogP contribution in [0.3, 0.4) is 0 Å². The minimum atomic E-state index is -5.04. The molecule has 2 aromatic heterocycles. The van der Waals surface area contributed by atoms with Gasteiger partial charge in [0.25, 0.3) is 11.8 Å². The van der Waals surface area contributed by atoms with Gasteiger partial charge >= 0.3 is 6.18 Å². The third kappa shape index (κ3) is 4.81. The molecule has 0 saturated carbocycles. The van der Waals surface area contributed by atoms with E-state index in [1.165, 1.54) is 19.1 Å². The molecule has 0 atom stereocenters. The molecule has 0 spiro atoms. The summed E-state index contributed by atoms with van der Waals surface area (Å²) in [5, 5.41) is 14.7. The Bertz CT molecular complexity index is 1600. The van der Waals surface area contributed by atoms with Crippen molar-refractivity contribution < 1.29 is 31.5 Å². The lowest BCUT2D eigenvalue weighted by atomic mass is 10.1. The number of hydrogen-bond acceptors (Lipinski definition) is 5. The maximum atomic E-state index is 14.4. The van der Waals surface area contributed by atoms with Crippen LogP contribution in [0, 0.1) is 29.9 Å². The van der Waals surface area contributed by atoms with E-state index >= 15 is 0 Å². The first kappa shape index (κ1) is 25.2. The van der Waals surface area contributed by atoms with Crippen molar-refractivity contribution in [2.75, 3.05) is 5.32 Å². The summed E-state index contributed by atoms with van der Waals surface area (Å²) in [5.41, 5.74) is 1.61. The number of fused-ring (bicyclic) bond motifs is 1. The first-order chi connectivity index (χ1) is 17.4. The van der Waals surface area contributed by atoms with Gasteiger partial charge in [-0.15, -0.1) is 0 Å². The minimum Gasteiger partial charge on any atom is -0.364 e. The third-order valence-corrected chi connectivity index (χ3v) is 5.50. The van der Waals surface area contributed by atoms with Gasteiger partial charge in [-0.05, 0) is 31.2 Å².